The molecule has 0 aliphatic heterocycles. The fourth-order valence-electron chi connectivity index (χ4n) is 1.99. The minimum Gasteiger partial charge on any atom is -0.260 e. The van der Waals surface area contributed by atoms with Crippen molar-refractivity contribution in [3.63, 3.8) is 0 Å². The molecule has 2 aromatic carbocycles. The van der Waals surface area contributed by atoms with Gasteiger partial charge in [0.2, 0.25) is 0 Å². The van der Waals surface area contributed by atoms with Crippen molar-refractivity contribution in [3.05, 3.63) is 75.5 Å². The van der Waals surface area contributed by atoms with Crippen LogP contribution in [-0.4, -0.2) is 19.9 Å². The molecule has 0 atom stereocenters. The molecule has 0 fully saturated rings. The molecule has 126 valence electrons. The van der Waals surface area contributed by atoms with Crippen molar-refractivity contribution in [2.24, 2.45) is 0 Å². The first-order chi connectivity index (χ1) is 11.3. The number of anilines is 1. The van der Waals surface area contributed by atoms with E-state index >= 15 is 0 Å². The zero-order valence-corrected chi connectivity index (χ0v) is 14.6. The van der Waals surface area contributed by atoms with E-state index < -0.39 is 20.8 Å². The van der Waals surface area contributed by atoms with Crippen LogP contribution in [0.3, 0.4) is 0 Å². The van der Waals surface area contributed by atoms with Gasteiger partial charge < -0.3 is 0 Å². The fourth-order valence-corrected chi connectivity index (χ4v) is 3.77. The highest BCUT2D eigenvalue weighted by molar-refractivity contribution is 9.10. The van der Waals surface area contributed by atoms with Gasteiger partial charge in [0.15, 0.2) is 0 Å². The normalized spacial score (nSPS) is 11.1. The third-order valence-electron chi connectivity index (χ3n) is 3.11. The lowest BCUT2D eigenvalue weighted by Gasteiger charge is -2.23. The lowest BCUT2D eigenvalue weighted by Crippen LogP contribution is -2.32. The highest BCUT2D eigenvalue weighted by atomic mass is 79.9. The van der Waals surface area contributed by atoms with Crippen LogP contribution >= 0.6 is 15.9 Å². The maximum absolute atomic E-state index is 14.2. The van der Waals surface area contributed by atoms with Crippen LogP contribution in [0, 0.1) is 15.9 Å². The van der Waals surface area contributed by atoms with Gasteiger partial charge in [0.1, 0.15) is 5.82 Å². The Bertz CT molecular complexity index is 885. The van der Waals surface area contributed by atoms with E-state index in [0.29, 0.717) is 4.47 Å². The van der Waals surface area contributed by atoms with E-state index in [0.717, 1.165) is 34.6 Å². The van der Waals surface area contributed by atoms with Gasteiger partial charge in [-0.3, -0.25) is 14.4 Å². The molecule has 0 unspecified atom stereocenters. The van der Waals surface area contributed by atoms with E-state index in [-0.39, 0.29) is 22.8 Å². The van der Waals surface area contributed by atoms with E-state index in [1.54, 1.807) is 0 Å². The maximum atomic E-state index is 14.2. The average molecular weight is 415 g/mol. The molecule has 0 radical (unpaired) electrons. The first kappa shape index (κ1) is 18.1. The summed E-state index contributed by atoms with van der Waals surface area (Å²) in [6.45, 7) is 3.34. The summed E-state index contributed by atoms with van der Waals surface area (Å²) in [7, 11) is -4.11. The lowest BCUT2D eigenvalue weighted by atomic mass is 10.3. The fraction of sp³-hybridized carbons (Fsp3) is 0.0667. The van der Waals surface area contributed by atoms with Gasteiger partial charge in [-0.2, -0.15) is 0 Å². The van der Waals surface area contributed by atoms with E-state index in [1.165, 1.54) is 18.2 Å². The van der Waals surface area contributed by atoms with Gasteiger partial charge >= 0.3 is 0 Å². The van der Waals surface area contributed by atoms with E-state index in [4.69, 9.17) is 0 Å². The Balaban J connectivity index is 2.52. The molecule has 2 rings (SSSR count). The zero-order chi connectivity index (χ0) is 17.9. The molecule has 0 bridgehead atoms. The molecule has 0 spiro atoms. The van der Waals surface area contributed by atoms with E-state index in [1.807, 2.05) is 0 Å². The quantitative estimate of drug-likeness (QED) is 0.408. The van der Waals surface area contributed by atoms with Crippen LogP contribution in [0.5, 0.6) is 0 Å². The van der Waals surface area contributed by atoms with Crippen molar-refractivity contribution in [1.29, 1.82) is 0 Å². The smallest absolute Gasteiger partial charge is 0.260 e. The topological polar surface area (TPSA) is 80.5 Å². The Hall–Kier alpha value is -2.26. The molecule has 0 heterocycles. The lowest BCUT2D eigenvalue weighted by molar-refractivity contribution is -0.384. The Morgan fingerprint density at radius 3 is 2.38 bits per heavy atom. The number of hydrogen-bond acceptors (Lipinski definition) is 4. The van der Waals surface area contributed by atoms with Gasteiger partial charge in [0, 0.05) is 16.6 Å². The van der Waals surface area contributed by atoms with Crippen LogP contribution < -0.4 is 4.31 Å². The summed E-state index contributed by atoms with van der Waals surface area (Å²) in [6.07, 6.45) is 1.32. The number of hydrogen-bond donors (Lipinski definition) is 0. The Labute approximate surface area is 146 Å². The summed E-state index contributed by atoms with van der Waals surface area (Å²) >= 11 is 3.11. The second-order valence-electron chi connectivity index (χ2n) is 4.67. The van der Waals surface area contributed by atoms with Gasteiger partial charge in [-0.25, -0.2) is 12.8 Å². The molecule has 0 aromatic heterocycles. The third kappa shape index (κ3) is 3.62. The molecular weight excluding hydrogens is 403 g/mol. The number of sulfonamides is 1. The first-order valence-corrected chi connectivity index (χ1v) is 8.84. The van der Waals surface area contributed by atoms with Crippen molar-refractivity contribution in [3.8, 4) is 0 Å². The van der Waals surface area contributed by atoms with E-state index in [9.17, 15) is 22.9 Å². The average Bonchev–Trinajstić information content (AvgIpc) is 2.53. The van der Waals surface area contributed by atoms with Crippen LogP contribution in [0.4, 0.5) is 15.8 Å². The Kier molecular flexibility index (Phi) is 5.35. The number of nitro groups is 1. The number of non-ortho nitro benzene ring substituents is 1. The molecule has 0 amide bonds. The van der Waals surface area contributed by atoms with Crippen LogP contribution in [0.2, 0.25) is 0 Å². The first-order valence-electron chi connectivity index (χ1n) is 6.60. The highest BCUT2D eigenvalue weighted by Gasteiger charge is 2.26. The van der Waals surface area contributed by atoms with Crippen LogP contribution in [0.1, 0.15) is 0 Å². The van der Waals surface area contributed by atoms with Crippen molar-refractivity contribution < 1.29 is 17.7 Å². The molecular formula is C15H12BrFN2O4S. The van der Waals surface area contributed by atoms with Gasteiger partial charge in [-0.05, 0) is 30.3 Å². The summed E-state index contributed by atoms with van der Waals surface area (Å²) in [5.41, 5.74) is -0.379. The number of benzene rings is 2. The second-order valence-corrected chi connectivity index (χ2v) is 7.45. The van der Waals surface area contributed by atoms with Crippen molar-refractivity contribution in [1.82, 2.24) is 0 Å². The second kappa shape index (κ2) is 7.10. The standard InChI is InChI=1S/C15H12BrFN2O4S/c1-2-9-18(15-8-3-11(16)10-14(15)17)24(22,23)13-6-4-12(5-7-13)19(20)21/h2-8,10H,1,9H2. The van der Waals surface area contributed by atoms with Gasteiger partial charge in [-0.1, -0.05) is 22.0 Å². The molecule has 0 N–H and O–H groups in total. The molecule has 6 nitrogen and oxygen atoms in total. The minimum absolute atomic E-state index is 0.142. The SMILES string of the molecule is C=CCN(c1ccc(Br)cc1F)S(=O)(=O)c1ccc([N+](=O)[O-])cc1. The summed E-state index contributed by atoms with van der Waals surface area (Å²) < 4.78 is 41.0. The van der Waals surface area contributed by atoms with Crippen molar-refractivity contribution >= 4 is 37.3 Å². The Morgan fingerprint density at radius 2 is 1.88 bits per heavy atom. The molecule has 2 aromatic rings. The summed E-state index contributed by atoms with van der Waals surface area (Å²) in [4.78, 5) is 9.86. The van der Waals surface area contributed by atoms with Gasteiger partial charge in [0.05, 0.1) is 22.1 Å². The van der Waals surface area contributed by atoms with Crippen LogP contribution in [0.25, 0.3) is 0 Å². The highest BCUT2D eigenvalue weighted by Crippen LogP contribution is 2.29. The minimum atomic E-state index is -4.11. The van der Waals surface area contributed by atoms with Crippen LogP contribution in [-0.2, 0) is 10.0 Å². The predicted molar refractivity (Wildman–Crippen MR) is 91.9 cm³/mol. The van der Waals surface area contributed by atoms with Gasteiger partial charge in [0.25, 0.3) is 15.7 Å². The summed E-state index contributed by atoms with van der Waals surface area (Å²) in [6, 6.07) is 8.37. The van der Waals surface area contributed by atoms with Crippen LogP contribution in [0.15, 0.2) is 64.5 Å². The molecule has 0 saturated carbocycles. The van der Waals surface area contributed by atoms with E-state index in [2.05, 4.69) is 22.5 Å². The molecule has 0 saturated heterocycles. The van der Waals surface area contributed by atoms with Gasteiger partial charge in [-0.15, -0.1) is 6.58 Å². The summed E-state index contributed by atoms with van der Waals surface area (Å²) in [5.74, 6) is -0.725. The Morgan fingerprint density at radius 1 is 1.25 bits per heavy atom. The molecule has 9 heteroatoms. The number of nitro benzene ring substituents is 1. The zero-order valence-electron chi connectivity index (χ0n) is 12.2. The molecule has 24 heavy (non-hydrogen) atoms. The third-order valence-corrected chi connectivity index (χ3v) is 5.40. The van der Waals surface area contributed by atoms with Crippen molar-refractivity contribution in [2.45, 2.75) is 4.90 Å². The molecule has 0 aliphatic carbocycles. The number of halogens is 2. The predicted octanol–water partition coefficient (Wildman–Crippen LogP) is 3.88. The number of rotatable bonds is 6. The largest absolute Gasteiger partial charge is 0.269 e. The van der Waals surface area contributed by atoms with Crippen molar-refractivity contribution in [2.75, 3.05) is 10.8 Å². The number of nitrogens with zero attached hydrogens (tertiary/aromatic N) is 2. The monoisotopic (exact) mass is 414 g/mol. The summed E-state index contributed by atoms with van der Waals surface area (Å²) in [5, 5.41) is 10.7. The maximum Gasteiger partial charge on any atom is 0.269 e. The molecule has 0 aliphatic rings.